The van der Waals surface area contributed by atoms with E-state index in [0.29, 0.717) is 18.4 Å². The first kappa shape index (κ1) is 15.6. The number of rotatable bonds is 4. The lowest BCUT2D eigenvalue weighted by Gasteiger charge is -2.15. The molecule has 4 heteroatoms. The molecule has 0 aliphatic rings. The third kappa shape index (κ3) is 4.33. The van der Waals surface area contributed by atoms with E-state index in [9.17, 15) is 13.2 Å². The number of nitrogens with two attached hydrogens (primary N) is 1. The minimum absolute atomic E-state index is 0.199. The van der Waals surface area contributed by atoms with Crippen molar-refractivity contribution < 1.29 is 13.2 Å². The fraction of sp³-hybridized carbons (Fsp3) is 0.294. The van der Waals surface area contributed by atoms with E-state index < -0.39 is 11.7 Å². The predicted molar refractivity (Wildman–Crippen MR) is 78.0 cm³/mol. The van der Waals surface area contributed by atoms with Crippen LogP contribution in [0, 0.1) is 6.92 Å². The van der Waals surface area contributed by atoms with E-state index in [0.717, 1.165) is 17.2 Å². The van der Waals surface area contributed by atoms with Crippen LogP contribution in [-0.4, -0.2) is 6.04 Å². The van der Waals surface area contributed by atoms with Crippen molar-refractivity contribution in [2.75, 3.05) is 0 Å². The second-order valence-electron chi connectivity index (χ2n) is 5.29. The highest BCUT2D eigenvalue weighted by molar-refractivity contribution is 5.29. The Labute approximate surface area is 122 Å². The van der Waals surface area contributed by atoms with E-state index in [2.05, 4.69) is 0 Å². The van der Waals surface area contributed by atoms with E-state index in [1.807, 2.05) is 31.2 Å². The Balaban J connectivity index is 2.06. The molecule has 0 aromatic heterocycles. The van der Waals surface area contributed by atoms with Gasteiger partial charge in [-0.05, 0) is 42.5 Å². The topological polar surface area (TPSA) is 26.0 Å². The summed E-state index contributed by atoms with van der Waals surface area (Å²) in [5.41, 5.74) is 8.37. The number of halogens is 3. The molecule has 2 N–H and O–H groups in total. The minimum Gasteiger partial charge on any atom is -0.327 e. The van der Waals surface area contributed by atoms with Crippen molar-refractivity contribution in [1.82, 2.24) is 0 Å². The summed E-state index contributed by atoms with van der Waals surface area (Å²) in [6.07, 6.45) is -3.22. The van der Waals surface area contributed by atoms with E-state index in [1.54, 1.807) is 6.07 Å². The normalized spacial score (nSPS) is 13.2. The van der Waals surface area contributed by atoms with Crippen LogP contribution in [0.1, 0.15) is 22.3 Å². The summed E-state index contributed by atoms with van der Waals surface area (Å²) >= 11 is 0. The van der Waals surface area contributed by atoms with Crippen LogP contribution in [0.3, 0.4) is 0 Å². The van der Waals surface area contributed by atoms with Crippen molar-refractivity contribution in [2.24, 2.45) is 5.73 Å². The van der Waals surface area contributed by atoms with Gasteiger partial charge in [0.1, 0.15) is 0 Å². The van der Waals surface area contributed by atoms with Crippen molar-refractivity contribution in [3.8, 4) is 0 Å². The van der Waals surface area contributed by atoms with Crippen LogP contribution in [0.5, 0.6) is 0 Å². The second-order valence-corrected chi connectivity index (χ2v) is 5.29. The van der Waals surface area contributed by atoms with Crippen LogP contribution in [0.2, 0.25) is 0 Å². The number of hydrogen-bond donors (Lipinski definition) is 1. The average molecular weight is 293 g/mol. The molecule has 2 aromatic rings. The zero-order valence-corrected chi connectivity index (χ0v) is 11.8. The molecule has 2 aromatic carbocycles. The van der Waals surface area contributed by atoms with Crippen LogP contribution >= 0.6 is 0 Å². The molecule has 0 saturated heterocycles. The molecule has 0 saturated carbocycles. The summed E-state index contributed by atoms with van der Waals surface area (Å²) in [5, 5.41) is 0. The van der Waals surface area contributed by atoms with Gasteiger partial charge in [-0.15, -0.1) is 0 Å². The first-order valence-electron chi connectivity index (χ1n) is 6.82. The molecule has 1 nitrogen and oxygen atoms in total. The van der Waals surface area contributed by atoms with Crippen LogP contribution < -0.4 is 5.73 Å². The highest BCUT2D eigenvalue weighted by atomic mass is 19.4. The Morgan fingerprint density at radius 1 is 1.00 bits per heavy atom. The van der Waals surface area contributed by atoms with Crippen LogP contribution in [0.15, 0.2) is 48.5 Å². The van der Waals surface area contributed by atoms with Gasteiger partial charge >= 0.3 is 6.18 Å². The van der Waals surface area contributed by atoms with Gasteiger partial charge in [-0.1, -0.05) is 42.5 Å². The number of hydrogen-bond acceptors (Lipinski definition) is 1. The summed E-state index contributed by atoms with van der Waals surface area (Å²) in [4.78, 5) is 0. The monoisotopic (exact) mass is 293 g/mol. The molecular weight excluding hydrogens is 275 g/mol. The molecule has 0 aliphatic carbocycles. The van der Waals surface area contributed by atoms with E-state index in [1.165, 1.54) is 12.1 Å². The Bertz CT molecular complexity index is 605. The number of benzene rings is 2. The molecule has 0 bridgehead atoms. The van der Waals surface area contributed by atoms with Gasteiger partial charge < -0.3 is 5.73 Å². The standard InChI is InChI=1S/C17H18F3N/c1-12-5-2-3-7-14(12)11-16(21)10-13-6-4-8-15(9-13)17(18,19)20/h2-9,16H,10-11,21H2,1H3. The molecule has 2 rings (SSSR count). The predicted octanol–water partition coefficient (Wildman–Crippen LogP) is 4.13. The van der Waals surface area contributed by atoms with Gasteiger partial charge in [-0.2, -0.15) is 13.2 Å². The zero-order valence-electron chi connectivity index (χ0n) is 11.8. The molecule has 21 heavy (non-hydrogen) atoms. The number of alkyl halides is 3. The highest BCUT2D eigenvalue weighted by Crippen LogP contribution is 2.29. The molecule has 1 atom stereocenters. The summed E-state index contributed by atoms with van der Waals surface area (Å²) < 4.78 is 38.0. The summed E-state index contributed by atoms with van der Waals surface area (Å²) in [7, 11) is 0. The largest absolute Gasteiger partial charge is 0.416 e. The SMILES string of the molecule is Cc1ccccc1CC(N)Cc1cccc(C(F)(F)F)c1. The van der Waals surface area contributed by atoms with Crippen molar-refractivity contribution in [1.29, 1.82) is 0 Å². The van der Waals surface area contributed by atoms with Gasteiger partial charge in [0, 0.05) is 6.04 Å². The van der Waals surface area contributed by atoms with Crippen molar-refractivity contribution in [3.63, 3.8) is 0 Å². The molecule has 112 valence electrons. The van der Waals surface area contributed by atoms with Crippen LogP contribution in [-0.2, 0) is 19.0 Å². The zero-order chi connectivity index (χ0) is 15.5. The molecule has 1 unspecified atom stereocenters. The van der Waals surface area contributed by atoms with Gasteiger partial charge in [-0.3, -0.25) is 0 Å². The highest BCUT2D eigenvalue weighted by Gasteiger charge is 2.30. The smallest absolute Gasteiger partial charge is 0.327 e. The lowest BCUT2D eigenvalue weighted by atomic mass is 9.96. The lowest BCUT2D eigenvalue weighted by molar-refractivity contribution is -0.137. The summed E-state index contributed by atoms with van der Waals surface area (Å²) in [6, 6.07) is 13.1. The lowest BCUT2D eigenvalue weighted by Crippen LogP contribution is -2.26. The second kappa shape index (κ2) is 6.31. The number of aryl methyl sites for hydroxylation is 1. The first-order chi connectivity index (χ1) is 9.86. The van der Waals surface area contributed by atoms with Gasteiger partial charge in [-0.25, -0.2) is 0 Å². The van der Waals surface area contributed by atoms with Crippen molar-refractivity contribution in [3.05, 3.63) is 70.8 Å². The maximum Gasteiger partial charge on any atom is 0.416 e. The quantitative estimate of drug-likeness (QED) is 0.901. The summed E-state index contributed by atoms with van der Waals surface area (Å²) in [6.45, 7) is 2.01. The van der Waals surface area contributed by atoms with Gasteiger partial charge in [0.2, 0.25) is 0 Å². The molecule has 0 spiro atoms. The van der Waals surface area contributed by atoms with Crippen molar-refractivity contribution in [2.45, 2.75) is 32.0 Å². The fourth-order valence-corrected chi connectivity index (χ4v) is 2.37. The molecule has 0 heterocycles. The van der Waals surface area contributed by atoms with E-state index in [4.69, 9.17) is 5.73 Å². The first-order valence-corrected chi connectivity index (χ1v) is 6.82. The third-order valence-electron chi connectivity index (χ3n) is 3.50. The van der Waals surface area contributed by atoms with Crippen molar-refractivity contribution >= 4 is 0 Å². The van der Waals surface area contributed by atoms with Crippen LogP contribution in [0.4, 0.5) is 13.2 Å². The van der Waals surface area contributed by atoms with Gasteiger partial charge in [0.05, 0.1) is 5.56 Å². The maximum absolute atomic E-state index is 12.7. The molecule has 0 amide bonds. The Morgan fingerprint density at radius 3 is 2.38 bits per heavy atom. The van der Waals surface area contributed by atoms with Gasteiger partial charge in [0.25, 0.3) is 0 Å². The Hall–Kier alpha value is -1.81. The maximum atomic E-state index is 12.7. The third-order valence-corrected chi connectivity index (χ3v) is 3.50. The summed E-state index contributed by atoms with van der Waals surface area (Å²) in [5.74, 6) is 0. The van der Waals surface area contributed by atoms with E-state index >= 15 is 0 Å². The molecule has 0 radical (unpaired) electrons. The van der Waals surface area contributed by atoms with Gasteiger partial charge in [0.15, 0.2) is 0 Å². The van der Waals surface area contributed by atoms with Crippen LogP contribution in [0.25, 0.3) is 0 Å². The van der Waals surface area contributed by atoms with E-state index in [-0.39, 0.29) is 6.04 Å². The Morgan fingerprint density at radius 2 is 1.71 bits per heavy atom. The molecule has 0 aliphatic heterocycles. The molecular formula is C17H18F3N. The minimum atomic E-state index is -4.31. The fourth-order valence-electron chi connectivity index (χ4n) is 2.37. The average Bonchev–Trinajstić information content (AvgIpc) is 2.41. The Kier molecular flexibility index (Phi) is 4.68. The molecule has 0 fully saturated rings.